The first kappa shape index (κ1) is 11.9. The van der Waals surface area contributed by atoms with Crippen molar-refractivity contribution in [3.63, 3.8) is 0 Å². The van der Waals surface area contributed by atoms with Gasteiger partial charge in [0.05, 0.1) is 0 Å². The van der Waals surface area contributed by atoms with Gasteiger partial charge in [-0.3, -0.25) is 9.89 Å². The van der Waals surface area contributed by atoms with Gasteiger partial charge in [0.2, 0.25) is 5.91 Å². The Kier molecular flexibility index (Phi) is 2.97. The zero-order valence-electron chi connectivity index (χ0n) is 10.6. The number of hydrogen-bond donors (Lipinski definition) is 1. The quantitative estimate of drug-likeness (QED) is 0.833. The van der Waals surface area contributed by atoms with Gasteiger partial charge >= 0.3 is 0 Å². The minimum Gasteiger partial charge on any atom is -0.342 e. The van der Waals surface area contributed by atoms with Gasteiger partial charge in [-0.1, -0.05) is 0 Å². The predicted octanol–water partition coefficient (Wildman–Crippen LogP) is 2.00. The van der Waals surface area contributed by atoms with Gasteiger partial charge in [-0.15, -0.1) is 0 Å². The second-order valence-electron chi connectivity index (χ2n) is 5.29. The van der Waals surface area contributed by atoms with Crippen molar-refractivity contribution in [2.45, 2.75) is 44.6 Å². The molecular weight excluding hydrogens is 248 g/mol. The molecule has 1 aromatic heterocycles. The third-order valence-electron chi connectivity index (χ3n) is 3.88. The molecule has 1 aliphatic heterocycles. The summed E-state index contributed by atoms with van der Waals surface area (Å²) in [6.45, 7) is 3.29. The number of nitrogens with one attached hydrogen (secondary N) is 1. The molecule has 3 rings (SSSR count). The normalized spacial score (nSPS) is 24.3. The molecule has 1 N–H and O–H groups in total. The molecule has 2 aliphatic rings. The Morgan fingerprint density at radius 3 is 2.89 bits per heavy atom. The van der Waals surface area contributed by atoms with Crippen LogP contribution in [0.3, 0.4) is 0 Å². The molecule has 1 saturated carbocycles. The molecule has 6 heteroatoms. The highest BCUT2D eigenvalue weighted by Gasteiger charge is 2.32. The summed E-state index contributed by atoms with van der Waals surface area (Å²) in [7, 11) is 0. The van der Waals surface area contributed by atoms with Crippen LogP contribution >= 0.6 is 12.2 Å². The number of nitrogens with zero attached hydrogens (tertiary/aromatic N) is 3. The van der Waals surface area contributed by atoms with Gasteiger partial charge in [-0.05, 0) is 37.9 Å². The number of carbonyl (C=O) groups excluding carboxylic acids is 1. The Balaban J connectivity index is 1.86. The summed E-state index contributed by atoms with van der Waals surface area (Å²) in [6.07, 6.45) is 4.54. The van der Waals surface area contributed by atoms with Gasteiger partial charge in [0, 0.05) is 32.0 Å². The standard InChI is InChI=1S/C12H18N4OS/c1-8(17)15-6-2-3-9(7-15)11-13-14-12(18)16(11)10-4-5-10/h9-10H,2-7H2,1H3,(H,14,18)/t9-/m0/s1. The van der Waals surface area contributed by atoms with Gasteiger partial charge in [0.1, 0.15) is 5.82 Å². The number of rotatable bonds is 2. The van der Waals surface area contributed by atoms with E-state index < -0.39 is 0 Å². The highest BCUT2D eigenvalue weighted by molar-refractivity contribution is 7.71. The molecule has 2 fully saturated rings. The minimum absolute atomic E-state index is 0.159. The van der Waals surface area contributed by atoms with Crippen molar-refractivity contribution in [1.82, 2.24) is 19.7 Å². The lowest BCUT2D eigenvalue weighted by Crippen LogP contribution is -2.38. The van der Waals surface area contributed by atoms with Gasteiger partial charge in [-0.25, -0.2) is 0 Å². The van der Waals surface area contributed by atoms with Crippen LogP contribution in [-0.2, 0) is 4.79 Å². The van der Waals surface area contributed by atoms with E-state index in [1.54, 1.807) is 6.92 Å². The molecule has 1 aromatic rings. The van der Waals surface area contributed by atoms with Crippen LogP contribution in [0.15, 0.2) is 0 Å². The van der Waals surface area contributed by atoms with E-state index in [0.29, 0.717) is 12.0 Å². The Morgan fingerprint density at radius 2 is 2.22 bits per heavy atom. The number of H-pyrrole nitrogens is 1. The molecule has 0 unspecified atom stereocenters. The molecule has 1 atom stereocenters. The number of amides is 1. The number of aromatic nitrogens is 3. The van der Waals surface area contributed by atoms with E-state index in [4.69, 9.17) is 12.2 Å². The van der Waals surface area contributed by atoms with E-state index >= 15 is 0 Å². The minimum atomic E-state index is 0.159. The Hall–Kier alpha value is -1.17. The van der Waals surface area contributed by atoms with Gasteiger partial charge < -0.3 is 9.47 Å². The van der Waals surface area contributed by atoms with E-state index in [1.807, 2.05) is 4.90 Å². The van der Waals surface area contributed by atoms with Crippen molar-refractivity contribution < 1.29 is 4.79 Å². The highest BCUT2D eigenvalue weighted by atomic mass is 32.1. The first-order valence-electron chi connectivity index (χ1n) is 6.59. The highest BCUT2D eigenvalue weighted by Crippen LogP contribution is 2.38. The molecule has 98 valence electrons. The van der Waals surface area contributed by atoms with Crippen LogP contribution in [0.1, 0.15) is 50.4 Å². The molecule has 0 aromatic carbocycles. The zero-order chi connectivity index (χ0) is 12.7. The molecule has 18 heavy (non-hydrogen) atoms. The van der Waals surface area contributed by atoms with E-state index in [0.717, 1.165) is 36.5 Å². The molecule has 1 amide bonds. The second kappa shape index (κ2) is 4.50. The lowest BCUT2D eigenvalue weighted by molar-refractivity contribution is -0.130. The first-order chi connectivity index (χ1) is 8.66. The second-order valence-corrected chi connectivity index (χ2v) is 5.68. The van der Waals surface area contributed by atoms with E-state index in [2.05, 4.69) is 14.8 Å². The maximum atomic E-state index is 11.5. The maximum absolute atomic E-state index is 11.5. The van der Waals surface area contributed by atoms with Crippen LogP contribution < -0.4 is 0 Å². The molecule has 1 aliphatic carbocycles. The summed E-state index contributed by atoms with van der Waals surface area (Å²) in [6, 6.07) is 0.541. The Morgan fingerprint density at radius 1 is 1.44 bits per heavy atom. The Labute approximate surface area is 111 Å². The molecule has 5 nitrogen and oxygen atoms in total. The topological polar surface area (TPSA) is 53.9 Å². The van der Waals surface area contributed by atoms with Crippen LogP contribution in [0.25, 0.3) is 0 Å². The summed E-state index contributed by atoms with van der Waals surface area (Å²) >= 11 is 5.30. The third kappa shape index (κ3) is 2.09. The average Bonchev–Trinajstić information content (AvgIpc) is 3.12. The summed E-state index contributed by atoms with van der Waals surface area (Å²) in [5, 5.41) is 7.31. The van der Waals surface area contributed by atoms with Crippen LogP contribution in [0.4, 0.5) is 0 Å². The van der Waals surface area contributed by atoms with Crippen LogP contribution in [0.5, 0.6) is 0 Å². The summed E-state index contributed by atoms with van der Waals surface area (Å²) in [5.74, 6) is 1.54. The predicted molar refractivity (Wildman–Crippen MR) is 69.9 cm³/mol. The molecule has 0 spiro atoms. The summed E-state index contributed by atoms with van der Waals surface area (Å²) in [5.41, 5.74) is 0. The van der Waals surface area contributed by atoms with Crippen molar-refractivity contribution >= 4 is 18.1 Å². The van der Waals surface area contributed by atoms with Crippen molar-refractivity contribution in [2.24, 2.45) is 0 Å². The van der Waals surface area contributed by atoms with Gasteiger partial charge in [0.25, 0.3) is 0 Å². The molecule has 2 heterocycles. The Bertz CT molecular complexity index is 516. The largest absolute Gasteiger partial charge is 0.342 e. The van der Waals surface area contributed by atoms with E-state index in [-0.39, 0.29) is 5.91 Å². The van der Waals surface area contributed by atoms with Crippen LogP contribution in [0, 0.1) is 4.77 Å². The van der Waals surface area contributed by atoms with Crippen LogP contribution in [-0.4, -0.2) is 38.7 Å². The number of hydrogen-bond acceptors (Lipinski definition) is 3. The summed E-state index contributed by atoms with van der Waals surface area (Å²) in [4.78, 5) is 13.4. The lowest BCUT2D eigenvalue weighted by Gasteiger charge is -2.31. The van der Waals surface area contributed by atoms with Crippen molar-refractivity contribution in [3.8, 4) is 0 Å². The summed E-state index contributed by atoms with van der Waals surface area (Å²) < 4.78 is 2.90. The molecule has 1 saturated heterocycles. The van der Waals surface area contributed by atoms with Gasteiger partial charge in [0.15, 0.2) is 4.77 Å². The van der Waals surface area contributed by atoms with Crippen molar-refractivity contribution in [3.05, 3.63) is 10.6 Å². The maximum Gasteiger partial charge on any atom is 0.219 e. The first-order valence-corrected chi connectivity index (χ1v) is 7.00. The lowest BCUT2D eigenvalue weighted by atomic mass is 9.97. The van der Waals surface area contributed by atoms with Crippen molar-refractivity contribution in [1.29, 1.82) is 0 Å². The SMILES string of the molecule is CC(=O)N1CCC[C@H](c2n[nH]c(=S)n2C2CC2)C1. The zero-order valence-corrected chi connectivity index (χ0v) is 11.4. The molecule has 0 bridgehead atoms. The van der Waals surface area contributed by atoms with Crippen LogP contribution in [0.2, 0.25) is 0 Å². The number of likely N-dealkylation sites (tertiary alicyclic amines) is 1. The number of piperidine rings is 1. The van der Waals surface area contributed by atoms with Crippen molar-refractivity contribution in [2.75, 3.05) is 13.1 Å². The molecule has 0 radical (unpaired) electrons. The smallest absolute Gasteiger partial charge is 0.219 e. The fourth-order valence-corrected chi connectivity index (χ4v) is 3.05. The van der Waals surface area contributed by atoms with Gasteiger partial charge in [-0.2, -0.15) is 5.10 Å². The van der Waals surface area contributed by atoms with E-state index in [1.165, 1.54) is 12.8 Å². The fraction of sp³-hybridized carbons (Fsp3) is 0.750. The number of aromatic amines is 1. The monoisotopic (exact) mass is 266 g/mol. The average molecular weight is 266 g/mol. The number of carbonyl (C=O) groups is 1. The fourth-order valence-electron chi connectivity index (χ4n) is 2.76. The molecular formula is C12H18N4OS. The third-order valence-corrected chi connectivity index (χ3v) is 4.16. The van der Waals surface area contributed by atoms with E-state index in [9.17, 15) is 4.79 Å².